The van der Waals surface area contributed by atoms with Crippen LogP contribution in [0.15, 0.2) is 23.0 Å². The van der Waals surface area contributed by atoms with Gasteiger partial charge in [0.1, 0.15) is 18.2 Å². The smallest absolute Gasteiger partial charge is 0.350 e. The average Bonchev–Trinajstić information content (AvgIpc) is 2.84. The molecule has 0 bridgehead atoms. The summed E-state index contributed by atoms with van der Waals surface area (Å²) < 4.78 is 8.48. The predicted molar refractivity (Wildman–Crippen MR) is 80.1 cm³/mol. The molecular formula is C15H14ClN3O2. The highest BCUT2D eigenvalue weighted by molar-refractivity contribution is 6.32. The molecule has 1 aliphatic rings. The maximum atomic E-state index is 12.4. The molecule has 1 aromatic carbocycles. The van der Waals surface area contributed by atoms with Crippen LogP contribution in [0.3, 0.4) is 0 Å². The molecule has 0 saturated heterocycles. The van der Waals surface area contributed by atoms with Gasteiger partial charge in [0.25, 0.3) is 0 Å². The lowest BCUT2D eigenvalue weighted by atomic mass is 10.2. The number of nitrogens with zero attached hydrogens (tertiary/aromatic N) is 3. The Morgan fingerprint density at radius 3 is 3.05 bits per heavy atom. The van der Waals surface area contributed by atoms with Crippen LogP contribution in [0.4, 0.5) is 0 Å². The highest BCUT2D eigenvalue weighted by Crippen LogP contribution is 2.26. The number of rotatable bonds is 3. The third-order valence-electron chi connectivity index (χ3n) is 3.44. The number of aromatic nitrogens is 3. The zero-order chi connectivity index (χ0) is 14.8. The van der Waals surface area contributed by atoms with Crippen LogP contribution in [-0.2, 0) is 13.0 Å². The molecule has 5 nitrogen and oxygen atoms in total. The summed E-state index contributed by atoms with van der Waals surface area (Å²) in [5, 5.41) is 4.85. The van der Waals surface area contributed by atoms with Gasteiger partial charge in [-0.25, -0.2) is 4.79 Å². The van der Waals surface area contributed by atoms with E-state index in [0.717, 1.165) is 31.6 Å². The summed E-state index contributed by atoms with van der Waals surface area (Å²) in [6.45, 7) is 0.847. The van der Waals surface area contributed by atoms with Gasteiger partial charge in [0, 0.05) is 19.0 Å². The number of fused-ring (bicyclic) bond motifs is 1. The molecule has 0 atom stereocenters. The van der Waals surface area contributed by atoms with E-state index < -0.39 is 0 Å². The molecule has 21 heavy (non-hydrogen) atoms. The Labute approximate surface area is 127 Å². The zero-order valence-electron chi connectivity index (χ0n) is 11.4. The lowest BCUT2D eigenvalue weighted by Crippen LogP contribution is -2.26. The van der Waals surface area contributed by atoms with Gasteiger partial charge in [-0.1, -0.05) is 17.5 Å². The summed E-state index contributed by atoms with van der Waals surface area (Å²) in [5.74, 6) is 3.66. The molecule has 3 rings (SSSR count). The van der Waals surface area contributed by atoms with Gasteiger partial charge in [-0.3, -0.25) is 4.57 Å². The molecule has 0 unspecified atom stereocenters. The molecule has 0 N–H and O–H groups in total. The summed E-state index contributed by atoms with van der Waals surface area (Å²) in [6, 6.07) is 5.10. The zero-order valence-corrected chi connectivity index (χ0v) is 12.1. The summed E-state index contributed by atoms with van der Waals surface area (Å²) in [7, 11) is 0. The van der Waals surface area contributed by atoms with Crippen molar-refractivity contribution in [3.63, 3.8) is 0 Å². The topological polar surface area (TPSA) is 49.0 Å². The van der Waals surface area contributed by atoms with E-state index in [4.69, 9.17) is 22.8 Å². The average molecular weight is 304 g/mol. The van der Waals surface area contributed by atoms with Crippen molar-refractivity contribution in [2.24, 2.45) is 0 Å². The number of aryl methyl sites for hydroxylation is 1. The summed E-state index contributed by atoms with van der Waals surface area (Å²) in [5.41, 5.74) is 0.494. The molecule has 0 amide bonds. The minimum Gasteiger partial charge on any atom is -0.479 e. The molecule has 0 saturated carbocycles. The largest absolute Gasteiger partial charge is 0.479 e. The second-order valence-electron chi connectivity index (χ2n) is 4.83. The molecule has 108 valence electrons. The van der Waals surface area contributed by atoms with Crippen molar-refractivity contribution in [2.45, 2.75) is 25.8 Å². The van der Waals surface area contributed by atoms with E-state index in [-0.39, 0.29) is 12.3 Å². The van der Waals surface area contributed by atoms with Crippen LogP contribution in [0.25, 0.3) is 5.69 Å². The monoisotopic (exact) mass is 303 g/mol. The lowest BCUT2D eigenvalue weighted by molar-refractivity contribution is 0.370. The van der Waals surface area contributed by atoms with Crippen LogP contribution >= 0.6 is 11.6 Å². The number of benzene rings is 1. The van der Waals surface area contributed by atoms with Crippen LogP contribution in [-0.4, -0.2) is 21.0 Å². The maximum absolute atomic E-state index is 12.4. The van der Waals surface area contributed by atoms with Crippen molar-refractivity contribution in [1.29, 1.82) is 0 Å². The van der Waals surface area contributed by atoms with Crippen molar-refractivity contribution < 1.29 is 4.74 Å². The normalized spacial score (nSPS) is 13.5. The van der Waals surface area contributed by atoms with Gasteiger partial charge in [0.15, 0.2) is 0 Å². The van der Waals surface area contributed by atoms with Crippen molar-refractivity contribution in [3.05, 3.63) is 39.5 Å². The summed E-state index contributed by atoms with van der Waals surface area (Å²) in [4.78, 5) is 12.4. The Morgan fingerprint density at radius 2 is 2.29 bits per heavy atom. The fourth-order valence-electron chi connectivity index (χ4n) is 2.42. The first kappa shape index (κ1) is 13.8. The van der Waals surface area contributed by atoms with Gasteiger partial charge < -0.3 is 4.74 Å². The Kier molecular flexibility index (Phi) is 3.72. The molecule has 1 aromatic heterocycles. The first-order valence-corrected chi connectivity index (χ1v) is 7.13. The Balaban J connectivity index is 2.03. The molecule has 0 aliphatic carbocycles. The number of halogens is 1. The molecule has 0 spiro atoms. The fraction of sp³-hybridized carbons (Fsp3) is 0.333. The minimum atomic E-state index is -0.130. The molecule has 6 heteroatoms. The molecule has 2 aromatic rings. The number of ether oxygens (including phenoxy) is 1. The Bertz CT molecular complexity index is 770. The lowest BCUT2D eigenvalue weighted by Gasteiger charge is -2.09. The summed E-state index contributed by atoms with van der Waals surface area (Å²) in [6.07, 6.45) is 8.08. The van der Waals surface area contributed by atoms with E-state index in [0.29, 0.717) is 16.5 Å². The highest BCUT2D eigenvalue weighted by Gasteiger charge is 2.18. The second kappa shape index (κ2) is 5.66. The number of hydrogen-bond acceptors (Lipinski definition) is 3. The van der Waals surface area contributed by atoms with Gasteiger partial charge in [-0.05, 0) is 25.0 Å². The van der Waals surface area contributed by atoms with Crippen molar-refractivity contribution in [2.75, 3.05) is 6.61 Å². The van der Waals surface area contributed by atoms with Gasteiger partial charge in [-0.15, -0.1) is 11.5 Å². The standard InChI is InChI=1S/C15H14ClN3O2/c1-2-9-21-13-10-11(6-7-12(13)16)19-15(20)18-8-4-3-5-14(18)17-19/h1,6-7,10H,3-5,8-9H2. The van der Waals surface area contributed by atoms with E-state index in [1.807, 2.05) is 0 Å². The van der Waals surface area contributed by atoms with E-state index in [2.05, 4.69) is 11.0 Å². The van der Waals surface area contributed by atoms with Crippen LogP contribution in [0.1, 0.15) is 18.7 Å². The maximum Gasteiger partial charge on any atom is 0.350 e. The number of terminal acetylenes is 1. The van der Waals surface area contributed by atoms with Gasteiger partial charge in [0.05, 0.1) is 10.7 Å². The van der Waals surface area contributed by atoms with Gasteiger partial charge in [-0.2, -0.15) is 4.68 Å². The van der Waals surface area contributed by atoms with Crippen LogP contribution < -0.4 is 10.4 Å². The predicted octanol–water partition coefficient (Wildman–Crippen LogP) is 2.04. The van der Waals surface area contributed by atoms with E-state index in [9.17, 15) is 4.79 Å². The van der Waals surface area contributed by atoms with Gasteiger partial charge >= 0.3 is 5.69 Å². The molecule has 0 fully saturated rings. The third kappa shape index (κ3) is 2.55. The minimum absolute atomic E-state index is 0.123. The van der Waals surface area contributed by atoms with Crippen LogP contribution in [0.2, 0.25) is 5.02 Å². The second-order valence-corrected chi connectivity index (χ2v) is 5.23. The first-order valence-electron chi connectivity index (χ1n) is 6.75. The Hall–Kier alpha value is -2.19. The molecular weight excluding hydrogens is 290 g/mol. The molecule has 0 radical (unpaired) electrons. The fourth-order valence-corrected chi connectivity index (χ4v) is 2.59. The van der Waals surface area contributed by atoms with Gasteiger partial charge in [0.2, 0.25) is 0 Å². The quantitative estimate of drug-likeness (QED) is 0.815. The van der Waals surface area contributed by atoms with Crippen molar-refractivity contribution >= 4 is 11.6 Å². The van der Waals surface area contributed by atoms with Crippen molar-refractivity contribution in [3.8, 4) is 23.8 Å². The first-order chi connectivity index (χ1) is 10.2. The SMILES string of the molecule is C#CCOc1cc(-n2nc3n(c2=O)CCCC3)ccc1Cl. The summed E-state index contributed by atoms with van der Waals surface area (Å²) >= 11 is 6.05. The highest BCUT2D eigenvalue weighted by atomic mass is 35.5. The van der Waals surface area contributed by atoms with E-state index in [1.54, 1.807) is 22.8 Å². The van der Waals surface area contributed by atoms with Crippen LogP contribution in [0.5, 0.6) is 5.75 Å². The van der Waals surface area contributed by atoms with Crippen molar-refractivity contribution in [1.82, 2.24) is 14.3 Å². The van der Waals surface area contributed by atoms with Crippen LogP contribution in [0, 0.1) is 12.3 Å². The molecule has 2 heterocycles. The third-order valence-corrected chi connectivity index (χ3v) is 3.75. The molecule has 1 aliphatic heterocycles. The number of hydrogen-bond donors (Lipinski definition) is 0. The Morgan fingerprint density at radius 1 is 1.43 bits per heavy atom. The van der Waals surface area contributed by atoms with E-state index in [1.165, 1.54) is 4.68 Å². The van der Waals surface area contributed by atoms with E-state index >= 15 is 0 Å².